The maximum Gasteiger partial charge on any atom is 0.341 e. The van der Waals surface area contributed by atoms with Crippen molar-refractivity contribution in [1.82, 2.24) is 4.90 Å². The summed E-state index contributed by atoms with van der Waals surface area (Å²) in [6.45, 7) is 14.2. The van der Waals surface area contributed by atoms with E-state index in [0.29, 0.717) is 35.5 Å². The number of hydrogen-bond donors (Lipinski definition) is 1. The fourth-order valence-electron chi connectivity index (χ4n) is 2.57. The fourth-order valence-corrected chi connectivity index (χ4v) is 3.67. The van der Waals surface area contributed by atoms with E-state index in [1.165, 1.54) is 18.3 Å². The summed E-state index contributed by atoms with van der Waals surface area (Å²) in [5.74, 6) is -0.371. The minimum atomic E-state index is -0.585. The zero-order chi connectivity index (χ0) is 20.0. The third-order valence-electron chi connectivity index (χ3n) is 3.73. The standard InChI is InChI=1S/C19H30N2O4S/c1-11(2)8-21(9-12(3)4)16(23)10-25-19(24)17-13(5)14(6)26-18(17)20-15(7)22/h11-12H,8-10H2,1-7H3,(H,20,22). The lowest BCUT2D eigenvalue weighted by atomic mass is 10.1. The third-order valence-corrected chi connectivity index (χ3v) is 4.85. The van der Waals surface area contributed by atoms with Gasteiger partial charge in [-0.25, -0.2) is 4.79 Å². The topological polar surface area (TPSA) is 75.7 Å². The molecule has 6 nitrogen and oxygen atoms in total. The predicted octanol–water partition coefficient (Wildman–Crippen LogP) is 3.62. The Balaban J connectivity index is 2.84. The number of nitrogens with zero attached hydrogens (tertiary/aromatic N) is 1. The number of rotatable bonds is 8. The summed E-state index contributed by atoms with van der Waals surface area (Å²) in [6.07, 6.45) is 0. The second-order valence-electron chi connectivity index (χ2n) is 7.33. The number of hydrogen-bond acceptors (Lipinski definition) is 5. The maximum absolute atomic E-state index is 12.5. The molecule has 0 aliphatic heterocycles. The van der Waals surface area contributed by atoms with Gasteiger partial charge in [0.2, 0.25) is 5.91 Å². The van der Waals surface area contributed by atoms with Crippen LogP contribution in [0, 0.1) is 25.7 Å². The Hall–Kier alpha value is -1.89. The predicted molar refractivity (Wildman–Crippen MR) is 105 cm³/mol. The molecule has 0 saturated carbocycles. The summed E-state index contributed by atoms with van der Waals surface area (Å²) >= 11 is 1.33. The van der Waals surface area contributed by atoms with Crippen LogP contribution in [-0.2, 0) is 14.3 Å². The van der Waals surface area contributed by atoms with E-state index < -0.39 is 5.97 Å². The number of aryl methyl sites for hydroxylation is 1. The van der Waals surface area contributed by atoms with Gasteiger partial charge in [-0.15, -0.1) is 11.3 Å². The molecule has 7 heteroatoms. The molecule has 146 valence electrons. The van der Waals surface area contributed by atoms with Crippen LogP contribution in [0.1, 0.15) is 55.4 Å². The summed E-state index contributed by atoms with van der Waals surface area (Å²) < 4.78 is 5.28. The number of esters is 1. The van der Waals surface area contributed by atoms with Crippen LogP contribution in [0.15, 0.2) is 0 Å². The molecule has 0 saturated heterocycles. The summed E-state index contributed by atoms with van der Waals surface area (Å²) in [5.41, 5.74) is 1.09. The largest absolute Gasteiger partial charge is 0.452 e. The number of carbonyl (C=O) groups excluding carboxylic acids is 3. The second kappa shape index (κ2) is 9.71. The van der Waals surface area contributed by atoms with Crippen molar-refractivity contribution >= 4 is 34.1 Å². The van der Waals surface area contributed by atoms with Crippen LogP contribution in [0.2, 0.25) is 0 Å². The Morgan fingerprint density at radius 3 is 2.08 bits per heavy atom. The zero-order valence-corrected chi connectivity index (χ0v) is 17.6. The molecule has 0 radical (unpaired) electrons. The molecule has 1 N–H and O–H groups in total. The highest BCUT2D eigenvalue weighted by Crippen LogP contribution is 2.33. The van der Waals surface area contributed by atoms with Gasteiger partial charge in [0.05, 0.1) is 5.56 Å². The molecule has 1 aromatic heterocycles. The van der Waals surface area contributed by atoms with Gasteiger partial charge in [-0.3, -0.25) is 9.59 Å². The molecule has 1 aromatic rings. The summed E-state index contributed by atoms with van der Waals surface area (Å²) in [7, 11) is 0. The summed E-state index contributed by atoms with van der Waals surface area (Å²) in [5, 5.41) is 3.13. The van der Waals surface area contributed by atoms with Crippen molar-refractivity contribution in [2.75, 3.05) is 25.0 Å². The first-order valence-electron chi connectivity index (χ1n) is 8.85. The Labute approximate surface area is 159 Å². The number of thiophene rings is 1. The average molecular weight is 383 g/mol. The number of nitrogens with one attached hydrogen (secondary N) is 1. The molecular formula is C19H30N2O4S. The highest BCUT2D eigenvalue weighted by Gasteiger charge is 2.24. The lowest BCUT2D eigenvalue weighted by Gasteiger charge is -2.26. The van der Waals surface area contributed by atoms with Gasteiger partial charge in [-0.1, -0.05) is 27.7 Å². The van der Waals surface area contributed by atoms with Crippen molar-refractivity contribution in [3.63, 3.8) is 0 Å². The van der Waals surface area contributed by atoms with Gasteiger partial charge < -0.3 is 15.0 Å². The minimum Gasteiger partial charge on any atom is -0.452 e. The van der Waals surface area contributed by atoms with Crippen LogP contribution in [-0.4, -0.2) is 42.4 Å². The Morgan fingerprint density at radius 1 is 1.08 bits per heavy atom. The number of amides is 2. The molecule has 0 atom stereocenters. The van der Waals surface area contributed by atoms with Gasteiger partial charge in [-0.05, 0) is 31.2 Å². The number of carbonyl (C=O) groups is 3. The van der Waals surface area contributed by atoms with Crippen LogP contribution in [0.4, 0.5) is 5.00 Å². The van der Waals surface area contributed by atoms with Crippen LogP contribution < -0.4 is 5.32 Å². The van der Waals surface area contributed by atoms with Crippen molar-refractivity contribution in [2.24, 2.45) is 11.8 Å². The molecule has 1 rings (SSSR count). The normalized spacial score (nSPS) is 11.0. The molecule has 26 heavy (non-hydrogen) atoms. The monoisotopic (exact) mass is 382 g/mol. The minimum absolute atomic E-state index is 0.202. The van der Waals surface area contributed by atoms with Crippen molar-refractivity contribution in [3.05, 3.63) is 16.0 Å². The van der Waals surface area contributed by atoms with Crippen LogP contribution in [0.5, 0.6) is 0 Å². The SMILES string of the molecule is CC(=O)Nc1sc(C)c(C)c1C(=O)OCC(=O)N(CC(C)C)CC(C)C. The lowest BCUT2D eigenvalue weighted by molar-refractivity contribution is -0.135. The molecule has 2 amide bonds. The Bertz CT molecular complexity index is 655. The van der Waals surface area contributed by atoms with Gasteiger partial charge in [0.15, 0.2) is 6.61 Å². The molecule has 0 aliphatic carbocycles. The maximum atomic E-state index is 12.5. The van der Waals surface area contributed by atoms with Crippen molar-refractivity contribution < 1.29 is 19.1 Å². The van der Waals surface area contributed by atoms with Gasteiger partial charge in [0.1, 0.15) is 5.00 Å². The molecule has 0 aliphatic rings. The van der Waals surface area contributed by atoms with Gasteiger partial charge in [-0.2, -0.15) is 0 Å². The highest BCUT2D eigenvalue weighted by molar-refractivity contribution is 7.16. The second-order valence-corrected chi connectivity index (χ2v) is 8.56. The first-order valence-corrected chi connectivity index (χ1v) is 9.67. The molecule has 0 fully saturated rings. The van der Waals surface area contributed by atoms with Crippen molar-refractivity contribution in [3.8, 4) is 0 Å². The zero-order valence-electron chi connectivity index (χ0n) is 16.8. The van der Waals surface area contributed by atoms with E-state index in [4.69, 9.17) is 4.74 Å². The Kier molecular flexibility index (Phi) is 8.27. The number of ether oxygens (including phenoxy) is 1. The smallest absolute Gasteiger partial charge is 0.341 e. The van der Waals surface area contributed by atoms with E-state index in [0.717, 1.165) is 10.4 Å². The fraction of sp³-hybridized carbons (Fsp3) is 0.632. The van der Waals surface area contributed by atoms with E-state index in [-0.39, 0.29) is 18.4 Å². The van der Waals surface area contributed by atoms with Gasteiger partial charge in [0.25, 0.3) is 5.91 Å². The molecule has 1 heterocycles. The van der Waals surface area contributed by atoms with Gasteiger partial charge in [0, 0.05) is 24.9 Å². The van der Waals surface area contributed by atoms with E-state index in [9.17, 15) is 14.4 Å². The highest BCUT2D eigenvalue weighted by atomic mass is 32.1. The average Bonchev–Trinajstić information content (AvgIpc) is 2.76. The first kappa shape index (κ1) is 22.2. The van der Waals surface area contributed by atoms with E-state index in [1.54, 1.807) is 11.8 Å². The molecule has 0 unspecified atom stereocenters. The molecule has 0 bridgehead atoms. The first-order chi connectivity index (χ1) is 12.0. The molecule has 0 spiro atoms. The van der Waals surface area contributed by atoms with Crippen LogP contribution >= 0.6 is 11.3 Å². The number of anilines is 1. The van der Waals surface area contributed by atoms with Gasteiger partial charge >= 0.3 is 5.97 Å². The Morgan fingerprint density at radius 2 is 1.62 bits per heavy atom. The van der Waals surface area contributed by atoms with Crippen LogP contribution in [0.25, 0.3) is 0 Å². The van der Waals surface area contributed by atoms with E-state index in [2.05, 4.69) is 5.32 Å². The summed E-state index contributed by atoms with van der Waals surface area (Å²) in [4.78, 5) is 39.0. The van der Waals surface area contributed by atoms with Crippen LogP contribution in [0.3, 0.4) is 0 Å². The quantitative estimate of drug-likeness (QED) is 0.697. The van der Waals surface area contributed by atoms with Crippen molar-refractivity contribution in [1.29, 1.82) is 0 Å². The van der Waals surface area contributed by atoms with E-state index in [1.807, 2.05) is 34.6 Å². The molecular weight excluding hydrogens is 352 g/mol. The van der Waals surface area contributed by atoms with E-state index >= 15 is 0 Å². The van der Waals surface area contributed by atoms with Crippen molar-refractivity contribution in [2.45, 2.75) is 48.5 Å². The summed E-state index contributed by atoms with van der Waals surface area (Å²) in [6, 6.07) is 0. The molecule has 0 aromatic carbocycles. The third kappa shape index (κ3) is 6.44. The lowest BCUT2D eigenvalue weighted by Crippen LogP contribution is -2.39.